The Kier molecular flexibility index (Phi) is 4.65. The van der Waals surface area contributed by atoms with E-state index in [1.165, 1.54) is 6.07 Å². The molecule has 0 spiro atoms. The summed E-state index contributed by atoms with van der Waals surface area (Å²) in [5.41, 5.74) is 3.43. The molecule has 3 heterocycles. The molecule has 1 aliphatic heterocycles. The van der Waals surface area contributed by atoms with Crippen LogP contribution in [0.1, 0.15) is 24.0 Å². The van der Waals surface area contributed by atoms with Gasteiger partial charge in [-0.25, -0.2) is 0 Å². The summed E-state index contributed by atoms with van der Waals surface area (Å²) < 4.78 is 2.03. The molecule has 0 radical (unpaired) electrons. The molecular formula is C21H24N6O. The number of aromatic nitrogens is 3. The van der Waals surface area contributed by atoms with E-state index in [-0.39, 0.29) is 5.75 Å². The maximum absolute atomic E-state index is 10.5. The van der Waals surface area contributed by atoms with Crippen LogP contribution >= 0.6 is 0 Å². The van der Waals surface area contributed by atoms with Crippen LogP contribution in [-0.2, 0) is 7.05 Å². The Balaban J connectivity index is 1.80. The average Bonchev–Trinajstić information content (AvgIpc) is 3.05. The SMILES string of the molecule is Cc1cc(C#N)cc(O)c1-c1nnc(N[C@@H]2CCCN(C)C2)c2c1ccn2C. The van der Waals surface area contributed by atoms with Gasteiger partial charge in [-0.1, -0.05) is 0 Å². The molecule has 1 aliphatic rings. The zero-order valence-corrected chi connectivity index (χ0v) is 16.4. The first-order chi connectivity index (χ1) is 13.5. The molecule has 7 heteroatoms. The molecule has 1 saturated heterocycles. The van der Waals surface area contributed by atoms with Crippen LogP contribution in [0.15, 0.2) is 24.4 Å². The van der Waals surface area contributed by atoms with Gasteiger partial charge >= 0.3 is 0 Å². The van der Waals surface area contributed by atoms with Crippen molar-refractivity contribution in [3.05, 3.63) is 35.5 Å². The van der Waals surface area contributed by atoms with E-state index in [1.54, 1.807) is 6.07 Å². The summed E-state index contributed by atoms with van der Waals surface area (Å²) in [5, 5.41) is 33.1. The monoisotopic (exact) mass is 376 g/mol. The number of fused-ring (bicyclic) bond motifs is 1. The van der Waals surface area contributed by atoms with Gasteiger partial charge in [0, 0.05) is 36.8 Å². The van der Waals surface area contributed by atoms with E-state index < -0.39 is 0 Å². The Labute approximate surface area is 164 Å². The van der Waals surface area contributed by atoms with Gasteiger partial charge in [-0.3, -0.25) is 0 Å². The summed E-state index contributed by atoms with van der Waals surface area (Å²) in [4.78, 5) is 2.32. The van der Waals surface area contributed by atoms with Crippen LogP contribution in [0.3, 0.4) is 0 Å². The van der Waals surface area contributed by atoms with Crippen LogP contribution in [0.25, 0.3) is 22.2 Å². The summed E-state index contributed by atoms with van der Waals surface area (Å²) in [7, 11) is 4.12. The number of aromatic hydroxyl groups is 1. The fraction of sp³-hybridized carbons (Fsp3) is 0.381. The van der Waals surface area contributed by atoms with Gasteiger partial charge in [0.25, 0.3) is 0 Å². The molecule has 0 aliphatic carbocycles. The number of phenolic OH excluding ortho intramolecular Hbond substituents is 1. The van der Waals surface area contributed by atoms with E-state index in [0.29, 0.717) is 22.9 Å². The van der Waals surface area contributed by atoms with Gasteiger partial charge < -0.3 is 19.9 Å². The number of nitrogens with zero attached hydrogens (tertiary/aromatic N) is 5. The number of likely N-dealkylation sites (tertiary alicyclic amines) is 1. The van der Waals surface area contributed by atoms with E-state index in [2.05, 4.69) is 33.5 Å². The fourth-order valence-electron chi connectivity index (χ4n) is 4.12. The minimum absolute atomic E-state index is 0.0469. The van der Waals surface area contributed by atoms with Crippen molar-refractivity contribution >= 4 is 16.7 Å². The predicted molar refractivity (Wildman–Crippen MR) is 109 cm³/mol. The summed E-state index contributed by atoms with van der Waals surface area (Å²) in [6.07, 6.45) is 4.25. The lowest BCUT2D eigenvalue weighted by molar-refractivity contribution is 0.261. The third kappa shape index (κ3) is 3.16. The lowest BCUT2D eigenvalue weighted by Gasteiger charge is -2.30. The molecule has 1 atom stereocenters. The number of likely N-dealkylation sites (N-methyl/N-ethyl adjacent to an activating group) is 1. The van der Waals surface area contributed by atoms with Crippen molar-refractivity contribution in [1.29, 1.82) is 5.26 Å². The highest BCUT2D eigenvalue weighted by Gasteiger charge is 2.22. The zero-order valence-electron chi connectivity index (χ0n) is 16.4. The second-order valence-corrected chi connectivity index (χ2v) is 7.63. The van der Waals surface area contributed by atoms with Crippen LogP contribution in [-0.4, -0.2) is 50.9 Å². The largest absolute Gasteiger partial charge is 0.507 e. The first-order valence-electron chi connectivity index (χ1n) is 9.48. The second-order valence-electron chi connectivity index (χ2n) is 7.63. The van der Waals surface area contributed by atoms with Gasteiger partial charge in [0.05, 0.1) is 17.1 Å². The van der Waals surface area contributed by atoms with Crippen LogP contribution in [0.4, 0.5) is 5.82 Å². The third-order valence-electron chi connectivity index (χ3n) is 5.45. The van der Waals surface area contributed by atoms with Crippen molar-refractivity contribution in [3.63, 3.8) is 0 Å². The number of hydrogen-bond donors (Lipinski definition) is 2. The van der Waals surface area contributed by atoms with Gasteiger partial charge in [-0.15, -0.1) is 10.2 Å². The molecule has 0 bridgehead atoms. The van der Waals surface area contributed by atoms with Crippen LogP contribution < -0.4 is 5.32 Å². The van der Waals surface area contributed by atoms with E-state index in [0.717, 1.165) is 48.2 Å². The molecular weight excluding hydrogens is 352 g/mol. The quantitative estimate of drug-likeness (QED) is 0.730. The normalized spacial score (nSPS) is 17.6. The Morgan fingerprint density at radius 1 is 1.29 bits per heavy atom. The van der Waals surface area contributed by atoms with Crippen molar-refractivity contribution in [2.24, 2.45) is 7.05 Å². The lowest BCUT2D eigenvalue weighted by atomic mass is 9.99. The predicted octanol–water partition coefficient (Wildman–Crippen LogP) is 3.03. The van der Waals surface area contributed by atoms with Gasteiger partial charge in [0.1, 0.15) is 11.4 Å². The number of benzene rings is 1. The first kappa shape index (κ1) is 18.3. The van der Waals surface area contributed by atoms with Crippen molar-refractivity contribution in [1.82, 2.24) is 19.7 Å². The number of aryl methyl sites for hydroxylation is 2. The number of nitrogens with one attached hydrogen (secondary N) is 1. The van der Waals surface area contributed by atoms with Crippen molar-refractivity contribution in [2.75, 3.05) is 25.5 Å². The molecule has 0 unspecified atom stereocenters. The highest BCUT2D eigenvalue weighted by molar-refractivity contribution is 6.00. The minimum Gasteiger partial charge on any atom is -0.507 e. The lowest BCUT2D eigenvalue weighted by Crippen LogP contribution is -2.40. The molecule has 3 aromatic rings. The second kappa shape index (κ2) is 7.13. The Morgan fingerprint density at radius 3 is 2.82 bits per heavy atom. The zero-order chi connectivity index (χ0) is 19.8. The molecule has 1 aromatic carbocycles. The van der Waals surface area contributed by atoms with Crippen LogP contribution in [0.2, 0.25) is 0 Å². The number of nitriles is 1. The molecule has 2 N–H and O–H groups in total. The van der Waals surface area contributed by atoms with E-state index in [9.17, 15) is 5.11 Å². The highest BCUT2D eigenvalue weighted by Crippen LogP contribution is 2.38. The molecule has 0 amide bonds. The third-order valence-corrected chi connectivity index (χ3v) is 5.45. The average molecular weight is 376 g/mol. The number of rotatable bonds is 3. The van der Waals surface area contributed by atoms with Crippen LogP contribution in [0.5, 0.6) is 5.75 Å². The fourth-order valence-corrected chi connectivity index (χ4v) is 4.12. The van der Waals surface area contributed by atoms with Gasteiger partial charge in [-0.2, -0.15) is 5.26 Å². The molecule has 0 saturated carbocycles. The van der Waals surface area contributed by atoms with Crippen molar-refractivity contribution in [3.8, 4) is 23.1 Å². The van der Waals surface area contributed by atoms with Gasteiger partial charge in [0.15, 0.2) is 5.82 Å². The van der Waals surface area contributed by atoms with Crippen molar-refractivity contribution < 1.29 is 5.11 Å². The molecule has 2 aromatic heterocycles. The maximum Gasteiger partial charge on any atom is 0.173 e. The summed E-state index contributed by atoms with van der Waals surface area (Å²) >= 11 is 0. The van der Waals surface area contributed by atoms with E-state index >= 15 is 0 Å². The summed E-state index contributed by atoms with van der Waals surface area (Å²) in [5.74, 6) is 0.808. The van der Waals surface area contributed by atoms with Gasteiger partial charge in [0.2, 0.25) is 0 Å². The standard InChI is InChI=1S/C21H24N6O/c1-13-9-14(11-22)10-17(28)18(13)19-16-6-8-27(3)20(16)21(25-24-19)23-15-5-4-7-26(2)12-15/h6,8-10,15,28H,4-5,7,12H2,1-3H3,(H,23,25)/t15-/m1/s1. The molecule has 144 valence electrons. The van der Waals surface area contributed by atoms with E-state index in [4.69, 9.17) is 5.26 Å². The van der Waals surface area contributed by atoms with Crippen molar-refractivity contribution in [2.45, 2.75) is 25.8 Å². The molecule has 28 heavy (non-hydrogen) atoms. The first-order valence-corrected chi connectivity index (χ1v) is 9.48. The topological polar surface area (TPSA) is 90.0 Å². The maximum atomic E-state index is 10.5. The molecule has 4 rings (SSSR count). The summed E-state index contributed by atoms with van der Waals surface area (Å²) in [6, 6.07) is 7.64. The molecule has 7 nitrogen and oxygen atoms in total. The van der Waals surface area contributed by atoms with Crippen LogP contribution in [0, 0.1) is 18.3 Å². The van der Waals surface area contributed by atoms with Gasteiger partial charge in [-0.05, 0) is 57.1 Å². The number of piperidine rings is 1. The Bertz CT molecular complexity index is 1060. The smallest absolute Gasteiger partial charge is 0.173 e. The highest BCUT2D eigenvalue weighted by atomic mass is 16.3. The molecule has 1 fully saturated rings. The number of anilines is 1. The minimum atomic E-state index is 0.0469. The summed E-state index contributed by atoms with van der Waals surface area (Å²) in [6.45, 7) is 3.97. The Morgan fingerprint density at radius 2 is 2.11 bits per heavy atom. The van der Waals surface area contributed by atoms with E-state index in [1.807, 2.05) is 30.8 Å². The Hall–Kier alpha value is -3.11. The number of phenols is 1. The number of hydrogen-bond acceptors (Lipinski definition) is 6.